The van der Waals surface area contributed by atoms with Crippen LogP contribution in [0.25, 0.3) is 0 Å². The molecule has 2 aromatic carbocycles. The van der Waals surface area contributed by atoms with E-state index in [2.05, 4.69) is 0 Å². The Labute approximate surface area is 198 Å². The molecule has 3 atom stereocenters. The number of ether oxygens (including phenoxy) is 1. The fourth-order valence-electron chi connectivity index (χ4n) is 5.12. The second-order valence-electron chi connectivity index (χ2n) is 9.28. The van der Waals surface area contributed by atoms with E-state index in [-0.39, 0.29) is 42.5 Å². The van der Waals surface area contributed by atoms with Gasteiger partial charge in [-0.05, 0) is 62.6 Å². The summed E-state index contributed by atoms with van der Waals surface area (Å²) in [4.78, 5) is 53.7. The molecule has 3 amide bonds. The topological polar surface area (TPSA) is 84.0 Å². The first-order chi connectivity index (χ1) is 16.3. The molecule has 0 aromatic heterocycles. The van der Waals surface area contributed by atoms with Gasteiger partial charge in [-0.15, -0.1) is 0 Å². The Bertz CT molecular complexity index is 1190. The van der Waals surface area contributed by atoms with Crippen molar-refractivity contribution >= 4 is 35.1 Å². The van der Waals surface area contributed by atoms with Gasteiger partial charge in [0, 0.05) is 18.7 Å². The fourth-order valence-corrected chi connectivity index (χ4v) is 5.12. The van der Waals surface area contributed by atoms with Gasteiger partial charge in [-0.25, -0.2) is 0 Å². The average molecular weight is 459 g/mol. The Morgan fingerprint density at radius 3 is 2.18 bits per heavy atom. The zero-order chi connectivity index (χ0) is 24.0. The van der Waals surface area contributed by atoms with Gasteiger partial charge in [-0.1, -0.05) is 29.8 Å². The van der Waals surface area contributed by atoms with Crippen LogP contribution >= 0.6 is 0 Å². The van der Waals surface area contributed by atoms with E-state index in [0.717, 1.165) is 16.8 Å². The second-order valence-corrected chi connectivity index (χ2v) is 9.28. The lowest BCUT2D eigenvalue weighted by Crippen LogP contribution is -2.30. The summed E-state index contributed by atoms with van der Waals surface area (Å²) in [6, 6.07) is 12.2. The standard InChI is InChI=1S/C27H26N2O5/c1-16-7-12-23(17(2)13-16)28-15-18(14-24(28)30)27(33)34-20-10-8-19(9-11-20)29-25(31)21-5-3-4-6-22(21)26(29)32/h3-4,7-13,18,21-22H,5-6,14-15H2,1-2H3/t18-,21+,22+/m1/s1. The van der Waals surface area contributed by atoms with Crippen LogP contribution in [0.1, 0.15) is 30.4 Å². The third-order valence-corrected chi connectivity index (χ3v) is 6.92. The number of carbonyl (C=O) groups excluding carboxylic acids is 4. The number of esters is 1. The van der Waals surface area contributed by atoms with Gasteiger partial charge in [0.15, 0.2) is 0 Å². The molecule has 5 rings (SSSR count). The highest BCUT2D eigenvalue weighted by Crippen LogP contribution is 2.38. The molecule has 3 aliphatic rings. The fraction of sp³-hybridized carbons (Fsp3) is 0.333. The normalized spacial score (nSPS) is 24.1. The number of nitrogens with zero attached hydrogens (tertiary/aromatic N) is 2. The second kappa shape index (κ2) is 8.56. The zero-order valence-corrected chi connectivity index (χ0v) is 19.2. The first-order valence-corrected chi connectivity index (χ1v) is 11.6. The van der Waals surface area contributed by atoms with Crippen LogP contribution in [0.5, 0.6) is 5.75 Å². The summed E-state index contributed by atoms with van der Waals surface area (Å²) < 4.78 is 5.53. The molecule has 34 heavy (non-hydrogen) atoms. The summed E-state index contributed by atoms with van der Waals surface area (Å²) >= 11 is 0. The molecule has 7 heteroatoms. The summed E-state index contributed by atoms with van der Waals surface area (Å²) in [7, 11) is 0. The molecule has 2 fully saturated rings. The quantitative estimate of drug-likeness (QED) is 0.302. The first kappa shape index (κ1) is 22.1. The number of amides is 3. The van der Waals surface area contributed by atoms with Crippen LogP contribution in [-0.2, 0) is 19.2 Å². The van der Waals surface area contributed by atoms with Crippen LogP contribution in [0.2, 0.25) is 0 Å². The van der Waals surface area contributed by atoms with Crippen molar-refractivity contribution in [2.45, 2.75) is 33.1 Å². The van der Waals surface area contributed by atoms with Crippen molar-refractivity contribution in [2.75, 3.05) is 16.3 Å². The number of hydrogen-bond donors (Lipinski definition) is 0. The minimum absolute atomic E-state index is 0.0951. The molecule has 0 N–H and O–H groups in total. The van der Waals surface area contributed by atoms with Crippen molar-refractivity contribution in [1.82, 2.24) is 0 Å². The summed E-state index contributed by atoms with van der Waals surface area (Å²) in [5.41, 5.74) is 3.38. The lowest BCUT2D eigenvalue weighted by Gasteiger charge is -2.19. The molecule has 2 aliphatic heterocycles. The molecule has 1 aliphatic carbocycles. The zero-order valence-electron chi connectivity index (χ0n) is 19.2. The number of anilines is 2. The van der Waals surface area contributed by atoms with Crippen LogP contribution in [0.15, 0.2) is 54.6 Å². The number of fused-ring (bicyclic) bond motifs is 1. The Hall–Kier alpha value is -3.74. The molecule has 2 heterocycles. The van der Waals surface area contributed by atoms with Crippen molar-refractivity contribution < 1.29 is 23.9 Å². The van der Waals surface area contributed by atoms with E-state index in [1.54, 1.807) is 29.2 Å². The Morgan fingerprint density at radius 1 is 0.912 bits per heavy atom. The predicted molar refractivity (Wildman–Crippen MR) is 126 cm³/mol. The minimum atomic E-state index is -0.565. The molecule has 0 unspecified atom stereocenters. The van der Waals surface area contributed by atoms with Gasteiger partial charge in [-0.3, -0.25) is 24.1 Å². The summed E-state index contributed by atoms with van der Waals surface area (Å²) in [5.74, 6) is -1.79. The molecule has 2 saturated heterocycles. The first-order valence-electron chi connectivity index (χ1n) is 11.6. The lowest BCUT2D eigenvalue weighted by atomic mass is 9.85. The predicted octanol–water partition coefficient (Wildman–Crippen LogP) is 3.72. The summed E-state index contributed by atoms with van der Waals surface area (Å²) in [5, 5.41) is 0. The highest BCUT2D eigenvalue weighted by atomic mass is 16.5. The van der Waals surface area contributed by atoms with Crippen LogP contribution in [-0.4, -0.2) is 30.2 Å². The highest BCUT2D eigenvalue weighted by Gasteiger charge is 2.47. The Kier molecular flexibility index (Phi) is 5.55. The molecular formula is C27H26N2O5. The molecule has 7 nitrogen and oxygen atoms in total. The summed E-state index contributed by atoms with van der Waals surface area (Å²) in [6.07, 6.45) is 5.17. The van der Waals surface area contributed by atoms with E-state index >= 15 is 0 Å². The number of carbonyl (C=O) groups is 4. The number of allylic oxidation sites excluding steroid dienone is 2. The average Bonchev–Trinajstić information content (AvgIpc) is 3.32. The number of aryl methyl sites for hydroxylation is 2. The monoisotopic (exact) mass is 458 g/mol. The maximum atomic E-state index is 12.8. The van der Waals surface area contributed by atoms with E-state index in [0.29, 0.717) is 24.3 Å². The Morgan fingerprint density at radius 2 is 1.56 bits per heavy atom. The van der Waals surface area contributed by atoms with Crippen LogP contribution in [0.4, 0.5) is 11.4 Å². The SMILES string of the molecule is Cc1ccc(N2C[C@H](C(=O)Oc3ccc(N4C(=O)[C@H]5CC=CC[C@@H]5C4=O)cc3)CC2=O)c(C)c1. The smallest absolute Gasteiger partial charge is 0.316 e. The van der Waals surface area contributed by atoms with E-state index < -0.39 is 11.9 Å². The molecule has 0 bridgehead atoms. The molecular weight excluding hydrogens is 432 g/mol. The van der Waals surface area contributed by atoms with Crippen LogP contribution in [0, 0.1) is 31.6 Å². The largest absolute Gasteiger partial charge is 0.426 e. The molecule has 2 aromatic rings. The third kappa shape index (κ3) is 3.81. The highest BCUT2D eigenvalue weighted by molar-refractivity contribution is 6.22. The maximum Gasteiger partial charge on any atom is 0.316 e. The van der Waals surface area contributed by atoms with Crippen molar-refractivity contribution in [3.63, 3.8) is 0 Å². The van der Waals surface area contributed by atoms with Gasteiger partial charge in [0.05, 0.1) is 23.4 Å². The molecule has 0 radical (unpaired) electrons. The van der Waals surface area contributed by atoms with Crippen molar-refractivity contribution in [3.05, 3.63) is 65.7 Å². The van der Waals surface area contributed by atoms with Gasteiger partial charge >= 0.3 is 5.97 Å². The maximum absolute atomic E-state index is 12.8. The number of imide groups is 1. The van der Waals surface area contributed by atoms with Crippen LogP contribution in [0.3, 0.4) is 0 Å². The van der Waals surface area contributed by atoms with E-state index in [1.807, 2.05) is 44.2 Å². The van der Waals surface area contributed by atoms with Crippen molar-refractivity contribution in [1.29, 1.82) is 0 Å². The Balaban J connectivity index is 1.25. The number of benzene rings is 2. The molecule has 174 valence electrons. The molecule has 0 spiro atoms. The van der Waals surface area contributed by atoms with E-state index in [1.165, 1.54) is 4.90 Å². The minimum Gasteiger partial charge on any atom is -0.426 e. The van der Waals surface area contributed by atoms with Gasteiger partial charge in [0.2, 0.25) is 17.7 Å². The van der Waals surface area contributed by atoms with Crippen molar-refractivity contribution in [3.8, 4) is 5.75 Å². The van der Waals surface area contributed by atoms with Crippen molar-refractivity contribution in [2.24, 2.45) is 17.8 Å². The van der Waals surface area contributed by atoms with Crippen LogP contribution < -0.4 is 14.5 Å². The number of rotatable bonds is 4. The van der Waals surface area contributed by atoms with Gasteiger partial charge in [0.25, 0.3) is 0 Å². The van der Waals surface area contributed by atoms with Gasteiger partial charge in [-0.2, -0.15) is 0 Å². The van der Waals surface area contributed by atoms with E-state index in [4.69, 9.17) is 4.74 Å². The van der Waals surface area contributed by atoms with E-state index in [9.17, 15) is 19.2 Å². The third-order valence-electron chi connectivity index (χ3n) is 6.92. The summed E-state index contributed by atoms with van der Waals surface area (Å²) in [6.45, 7) is 4.21. The number of hydrogen-bond acceptors (Lipinski definition) is 5. The molecule has 0 saturated carbocycles. The lowest BCUT2D eigenvalue weighted by molar-refractivity contribution is -0.139. The van der Waals surface area contributed by atoms with Gasteiger partial charge in [0.1, 0.15) is 5.75 Å². The van der Waals surface area contributed by atoms with Gasteiger partial charge < -0.3 is 9.64 Å².